The number of ether oxygens (including phenoxy) is 2. The Morgan fingerprint density at radius 3 is 2.59 bits per heavy atom. The molecule has 0 radical (unpaired) electrons. The van der Waals surface area contributed by atoms with Crippen molar-refractivity contribution in [3.05, 3.63) is 42.0 Å². The molecule has 0 N–H and O–H groups in total. The molecule has 0 spiro atoms. The number of rotatable bonds is 2. The summed E-state index contributed by atoms with van der Waals surface area (Å²) in [5, 5.41) is 0. The maximum absolute atomic E-state index is 5.81. The number of benzene rings is 1. The average Bonchev–Trinajstić information content (AvgIpc) is 2.32. The van der Waals surface area contributed by atoms with Crippen LogP contribution in [0.2, 0.25) is 0 Å². The molecule has 1 aliphatic rings. The van der Waals surface area contributed by atoms with Gasteiger partial charge in [-0.15, -0.1) is 0 Å². The van der Waals surface area contributed by atoms with E-state index in [1.807, 2.05) is 30.4 Å². The zero-order chi connectivity index (χ0) is 12.3. The molecule has 1 heterocycles. The summed E-state index contributed by atoms with van der Waals surface area (Å²) in [5.74, 6) is 0. The molecule has 0 aliphatic carbocycles. The van der Waals surface area contributed by atoms with E-state index in [1.54, 1.807) is 0 Å². The van der Waals surface area contributed by atoms with Gasteiger partial charge in [0, 0.05) is 5.41 Å². The van der Waals surface area contributed by atoms with Gasteiger partial charge in [-0.2, -0.15) is 0 Å². The number of hydrogen-bond acceptors (Lipinski definition) is 2. The molecule has 17 heavy (non-hydrogen) atoms. The highest BCUT2D eigenvalue weighted by Gasteiger charge is 2.34. The lowest BCUT2D eigenvalue weighted by atomic mass is 9.88. The fourth-order valence-electron chi connectivity index (χ4n) is 1.69. The second kappa shape index (κ2) is 5.03. The van der Waals surface area contributed by atoms with Crippen LogP contribution in [-0.4, -0.2) is 19.0 Å². The summed E-state index contributed by atoms with van der Waals surface area (Å²) in [6.45, 7) is 7.16. The maximum Gasteiger partial charge on any atom is 0.177 e. The van der Waals surface area contributed by atoms with Crippen molar-refractivity contribution in [2.24, 2.45) is 5.41 Å². The molecule has 1 aliphatic heterocycles. The van der Waals surface area contributed by atoms with Gasteiger partial charge in [0.05, 0.1) is 12.7 Å². The van der Waals surface area contributed by atoms with E-state index in [2.05, 4.69) is 32.9 Å². The van der Waals surface area contributed by atoms with E-state index in [9.17, 15) is 0 Å². The van der Waals surface area contributed by atoms with Gasteiger partial charge in [-0.25, -0.2) is 0 Å². The Labute approximate surface area is 103 Å². The topological polar surface area (TPSA) is 18.5 Å². The van der Waals surface area contributed by atoms with Gasteiger partial charge in [0.1, 0.15) is 0 Å². The number of hydrogen-bond donors (Lipinski definition) is 0. The fourth-order valence-corrected chi connectivity index (χ4v) is 1.69. The molecular weight excluding hydrogens is 212 g/mol. The molecule has 2 rings (SSSR count). The normalized spacial score (nSPS) is 28.4. The highest BCUT2D eigenvalue weighted by atomic mass is 16.7. The summed E-state index contributed by atoms with van der Waals surface area (Å²) in [6.07, 6.45) is 4.00. The van der Waals surface area contributed by atoms with Crippen molar-refractivity contribution < 1.29 is 9.47 Å². The van der Waals surface area contributed by atoms with Crippen molar-refractivity contribution in [2.75, 3.05) is 6.61 Å². The molecule has 0 bridgehead atoms. The van der Waals surface area contributed by atoms with Crippen molar-refractivity contribution in [1.82, 2.24) is 0 Å². The Morgan fingerprint density at radius 1 is 1.24 bits per heavy atom. The summed E-state index contributed by atoms with van der Waals surface area (Å²) in [4.78, 5) is 0. The van der Waals surface area contributed by atoms with Crippen molar-refractivity contribution in [3.8, 4) is 0 Å². The molecule has 1 aromatic rings. The van der Waals surface area contributed by atoms with E-state index in [1.165, 1.54) is 0 Å². The van der Waals surface area contributed by atoms with Crippen LogP contribution in [0.25, 0.3) is 6.08 Å². The predicted molar refractivity (Wildman–Crippen MR) is 69.5 cm³/mol. The van der Waals surface area contributed by atoms with Crippen LogP contribution < -0.4 is 0 Å². The molecule has 2 atom stereocenters. The molecule has 0 unspecified atom stereocenters. The third kappa shape index (κ3) is 3.18. The first-order chi connectivity index (χ1) is 8.08. The second-order valence-corrected chi connectivity index (χ2v) is 5.22. The SMILES string of the molecule is C[C@@H]1O[C@@H](/C=C\c2ccccc2)OCC1(C)C. The molecule has 1 fully saturated rings. The molecule has 1 aromatic carbocycles. The highest BCUT2D eigenvalue weighted by molar-refractivity contribution is 5.48. The lowest BCUT2D eigenvalue weighted by Crippen LogP contribution is -2.43. The minimum Gasteiger partial charge on any atom is -0.348 e. The molecule has 2 nitrogen and oxygen atoms in total. The third-order valence-corrected chi connectivity index (χ3v) is 3.30. The van der Waals surface area contributed by atoms with Crippen LogP contribution in [0.3, 0.4) is 0 Å². The minimum atomic E-state index is -0.224. The summed E-state index contributed by atoms with van der Waals surface area (Å²) in [5.41, 5.74) is 1.26. The molecule has 0 amide bonds. The van der Waals surface area contributed by atoms with Gasteiger partial charge >= 0.3 is 0 Å². The lowest BCUT2D eigenvalue weighted by Gasteiger charge is -2.39. The summed E-state index contributed by atoms with van der Waals surface area (Å²) < 4.78 is 11.5. The second-order valence-electron chi connectivity index (χ2n) is 5.22. The van der Waals surface area contributed by atoms with Crippen LogP contribution in [0.15, 0.2) is 36.4 Å². The third-order valence-electron chi connectivity index (χ3n) is 3.30. The molecule has 2 heteroatoms. The van der Waals surface area contributed by atoms with Crippen molar-refractivity contribution in [2.45, 2.75) is 33.2 Å². The van der Waals surface area contributed by atoms with E-state index in [0.29, 0.717) is 0 Å². The van der Waals surface area contributed by atoms with Gasteiger partial charge in [-0.1, -0.05) is 50.3 Å². The van der Waals surface area contributed by atoms with Crippen LogP contribution in [0.5, 0.6) is 0 Å². The highest BCUT2D eigenvalue weighted by Crippen LogP contribution is 2.30. The van der Waals surface area contributed by atoms with E-state index in [4.69, 9.17) is 9.47 Å². The van der Waals surface area contributed by atoms with E-state index in [-0.39, 0.29) is 17.8 Å². The lowest BCUT2D eigenvalue weighted by molar-refractivity contribution is -0.232. The van der Waals surface area contributed by atoms with Gasteiger partial charge < -0.3 is 9.47 Å². The van der Waals surface area contributed by atoms with E-state index in [0.717, 1.165) is 12.2 Å². The summed E-state index contributed by atoms with van der Waals surface area (Å²) >= 11 is 0. The monoisotopic (exact) mass is 232 g/mol. The van der Waals surface area contributed by atoms with Crippen molar-refractivity contribution in [3.63, 3.8) is 0 Å². The first-order valence-electron chi connectivity index (χ1n) is 6.08. The largest absolute Gasteiger partial charge is 0.348 e. The molecule has 0 saturated carbocycles. The molecule has 92 valence electrons. The Morgan fingerprint density at radius 2 is 1.94 bits per heavy atom. The molecule has 1 saturated heterocycles. The predicted octanol–water partition coefficient (Wildman–Crippen LogP) is 3.49. The zero-order valence-electron chi connectivity index (χ0n) is 10.7. The van der Waals surface area contributed by atoms with Gasteiger partial charge in [0.15, 0.2) is 6.29 Å². The van der Waals surface area contributed by atoms with Crippen LogP contribution >= 0.6 is 0 Å². The molecule has 0 aromatic heterocycles. The van der Waals surface area contributed by atoms with Gasteiger partial charge in [-0.3, -0.25) is 0 Å². The standard InChI is InChI=1S/C15H20O2/c1-12-15(2,3)11-16-14(17-12)10-9-13-7-5-4-6-8-13/h4-10,12,14H,11H2,1-3H3/b10-9-/t12-,14-/m0/s1. The first kappa shape index (κ1) is 12.3. The van der Waals surface area contributed by atoms with E-state index < -0.39 is 0 Å². The van der Waals surface area contributed by atoms with Gasteiger partial charge in [0.2, 0.25) is 0 Å². The minimum absolute atomic E-state index is 0.0943. The van der Waals surface area contributed by atoms with Crippen LogP contribution in [0.1, 0.15) is 26.3 Å². The van der Waals surface area contributed by atoms with E-state index >= 15 is 0 Å². The quantitative estimate of drug-likeness (QED) is 0.777. The summed E-state index contributed by atoms with van der Waals surface area (Å²) in [7, 11) is 0. The Bertz CT molecular complexity index is 381. The van der Waals surface area contributed by atoms with Crippen LogP contribution in [0.4, 0.5) is 0 Å². The molecular formula is C15H20O2. The van der Waals surface area contributed by atoms with Crippen molar-refractivity contribution >= 4 is 6.08 Å². The smallest absolute Gasteiger partial charge is 0.177 e. The fraction of sp³-hybridized carbons (Fsp3) is 0.467. The first-order valence-corrected chi connectivity index (χ1v) is 6.08. The van der Waals surface area contributed by atoms with Gasteiger partial charge in [0.25, 0.3) is 0 Å². The van der Waals surface area contributed by atoms with Gasteiger partial charge in [-0.05, 0) is 18.6 Å². The summed E-state index contributed by atoms with van der Waals surface area (Å²) in [6, 6.07) is 10.2. The zero-order valence-corrected chi connectivity index (χ0v) is 10.7. The Balaban J connectivity index is 1.96. The average molecular weight is 232 g/mol. The van der Waals surface area contributed by atoms with Crippen LogP contribution in [-0.2, 0) is 9.47 Å². The maximum atomic E-state index is 5.81. The Hall–Kier alpha value is -1.12. The van der Waals surface area contributed by atoms with Crippen LogP contribution in [0, 0.1) is 5.41 Å². The van der Waals surface area contributed by atoms with Crippen molar-refractivity contribution in [1.29, 1.82) is 0 Å². The Kier molecular flexibility index (Phi) is 3.65.